The van der Waals surface area contributed by atoms with Crippen molar-refractivity contribution < 1.29 is 13.2 Å². The standard InChI is InChI=1S/C24H32N2O3S/c1-23(2)14-18-4-5-19(30(28,29)25-3)9-20(18)21(26-23)10-22(27)24-11-15-6-16(12-24)8-17(7-15)13-24/h4-5,9-10,15-17,25-26H,6-8,11-14H2,1-3H3/b21-10-. The summed E-state index contributed by atoms with van der Waals surface area (Å²) in [6, 6.07) is 5.26. The van der Waals surface area contributed by atoms with Crippen LogP contribution in [0.1, 0.15) is 63.5 Å². The Labute approximate surface area is 179 Å². The van der Waals surface area contributed by atoms with Crippen LogP contribution < -0.4 is 10.0 Å². The van der Waals surface area contributed by atoms with Gasteiger partial charge < -0.3 is 5.32 Å². The number of fused-ring (bicyclic) bond motifs is 1. The summed E-state index contributed by atoms with van der Waals surface area (Å²) in [5.41, 5.74) is 2.31. The Morgan fingerprint density at radius 1 is 1.10 bits per heavy atom. The van der Waals surface area contributed by atoms with Crippen LogP contribution in [0.15, 0.2) is 29.2 Å². The maximum Gasteiger partial charge on any atom is 0.240 e. The molecule has 0 radical (unpaired) electrons. The summed E-state index contributed by atoms with van der Waals surface area (Å²) >= 11 is 0. The number of allylic oxidation sites excluding steroid dienone is 1. The molecule has 5 aliphatic rings. The van der Waals surface area contributed by atoms with Gasteiger partial charge in [-0.3, -0.25) is 4.79 Å². The fourth-order valence-electron chi connectivity index (χ4n) is 7.01. The van der Waals surface area contributed by atoms with Crippen LogP contribution in [0.25, 0.3) is 5.70 Å². The molecular weight excluding hydrogens is 396 g/mol. The molecule has 6 heteroatoms. The number of benzene rings is 1. The zero-order valence-electron chi connectivity index (χ0n) is 18.1. The first-order chi connectivity index (χ1) is 14.1. The molecule has 0 saturated heterocycles. The van der Waals surface area contributed by atoms with E-state index in [9.17, 15) is 13.2 Å². The van der Waals surface area contributed by atoms with E-state index >= 15 is 0 Å². The molecule has 0 amide bonds. The van der Waals surface area contributed by atoms with Gasteiger partial charge in [-0.1, -0.05) is 6.07 Å². The summed E-state index contributed by atoms with van der Waals surface area (Å²) in [7, 11) is -2.12. The zero-order chi connectivity index (χ0) is 21.3. The fourth-order valence-corrected chi connectivity index (χ4v) is 7.76. The molecule has 1 aromatic rings. The fraction of sp³-hybridized carbons (Fsp3) is 0.625. The number of sulfonamides is 1. The van der Waals surface area contributed by atoms with E-state index in [0.29, 0.717) is 17.8 Å². The van der Waals surface area contributed by atoms with Crippen molar-refractivity contribution in [3.05, 3.63) is 35.4 Å². The van der Waals surface area contributed by atoms with Crippen LogP contribution in [-0.2, 0) is 21.2 Å². The lowest BCUT2D eigenvalue weighted by molar-refractivity contribution is -0.138. The molecule has 0 aromatic heterocycles. The molecule has 1 heterocycles. The van der Waals surface area contributed by atoms with E-state index in [0.717, 1.165) is 42.5 Å². The molecule has 30 heavy (non-hydrogen) atoms. The summed E-state index contributed by atoms with van der Waals surface area (Å²) in [5.74, 6) is 2.40. The van der Waals surface area contributed by atoms with E-state index in [1.165, 1.54) is 26.3 Å². The van der Waals surface area contributed by atoms with Crippen molar-refractivity contribution in [2.75, 3.05) is 7.05 Å². The molecule has 6 rings (SSSR count). The number of hydrogen-bond acceptors (Lipinski definition) is 4. The monoisotopic (exact) mass is 428 g/mol. The van der Waals surface area contributed by atoms with E-state index < -0.39 is 10.0 Å². The Kier molecular flexibility index (Phi) is 4.50. The lowest BCUT2D eigenvalue weighted by atomic mass is 9.48. The van der Waals surface area contributed by atoms with Gasteiger partial charge in [-0.05, 0) is 101 Å². The molecule has 4 fully saturated rings. The topological polar surface area (TPSA) is 75.3 Å². The third-order valence-electron chi connectivity index (χ3n) is 7.89. The SMILES string of the molecule is CNS(=O)(=O)c1ccc2c(c1)/C(=C/C(=O)C13CC4CC(CC(C4)C1)C3)NC(C)(C)C2. The van der Waals surface area contributed by atoms with Gasteiger partial charge in [0.25, 0.3) is 0 Å². The van der Waals surface area contributed by atoms with Gasteiger partial charge in [-0.15, -0.1) is 0 Å². The number of rotatable bonds is 4. The van der Waals surface area contributed by atoms with Gasteiger partial charge in [0.15, 0.2) is 5.78 Å². The molecule has 4 aliphatic carbocycles. The van der Waals surface area contributed by atoms with Crippen LogP contribution >= 0.6 is 0 Å². The first kappa shape index (κ1) is 20.3. The van der Waals surface area contributed by atoms with Crippen molar-refractivity contribution in [3.8, 4) is 0 Å². The minimum atomic E-state index is -3.54. The average Bonchev–Trinajstić information content (AvgIpc) is 2.65. The van der Waals surface area contributed by atoms with Crippen LogP contribution in [0, 0.1) is 23.2 Å². The number of nitrogens with one attached hydrogen (secondary N) is 2. The molecule has 0 unspecified atom stereocenters. The van der Waals surface area contributed by atoms with Gasteiger partial charge in [0.05, 0.1) is 4.90 Å². The molecule has 162 valence electrons. The van der Waals surface area contributed by atoms with E-state index in [4.69, 9.17) is 0 Å². The molecule has 5 nitrogen and oxygen atoms in total. The molecule has 1 aromatic carbocycles. The van der Waals surface area contributed by atoms with Gasteiger partial charge >= 0.3 is 0 Å². The van der Waals surface area contributed by atoms with Crippen LogP contribution in [0.3, 0.4) is 0 Å². The molecule has 1 aliphatic heterocycles. The molecule has 4 bridgehead atoms. The first-order valence-corrected chi connectivity index (χ1v) is 12.7. The highest BCUT2D eigenvalue weighted by Gasteiger charge is 2.54. The summed E-state index contributed by atoms with van der Waals surface area (Å²) in [6.07, 6.45) is 9.62. The normalized spacial score (nSPS) is 35.2. The smallest absolute Gasteiger partial charge is 0.240 e. The third-order valence-corrected chi connectivity index (χ3v) is 9.30. The van der Waals surface area contributed by atoms with E-state index in [1.807, 2.05) is 12.1 Å². The lowest BCUT2D eigenvalue weighted by Crippen LogP contribution is -2.50. The number of hydrogen-bond donors (Lipinski definition) is 2. The van der Waals surface area contributed by atoms with Crippen LogP contribution in [0.2, 0.25) is 0 Å². The molecule has 0 atom stereocenters. The van der Waals surface area contributed by atoms with Gasteiger partial charge in [0.2, 0.25) is 10.0 Å². The maximum absolute atomic E-state index is 13.7. The highest BCUT2D eigenvalue weighted by atomic mass is 32.2. The molecule has 0 spiro atoms. The first-order valence-electron chi connectivity index (χ1n) is 11.2. The predicted molar refractivity (Wildman–Crippen MR) is 117 cm³/mol. The Hall–Kier alpha value is -1.66. The van der Waals surface area contributed by atoms with E-state index in [-0.39, 0.29) is 21.6 Å². The van der Waals surface area contributed by atoms with Crippen LogP contribution in [0.5, 0.6) is 0 Å². The zero-order valence-corrected chi connectivity index (χ0v) is 18.9. The van der Waals surface area contributed by atoms with Gasteiger partial charge in [-0.2, -0.15) is 0 Å². The molecule has 4 saturated carbocycles. The van der Waals surface area contributed by atoms with Gasteiger partial charge in [0.1, 0.15) is 0 Å². The second-order valence-electron chi connectivity index (χ2n) is 10.8. The van der Waals surface area contributed by atoms with E-state index in [1.54, 1.807) is 12.1 Å². The predicted octanol–water partition coefficient (Wildman–Crippen LogP) is 3.65. The number of carbonyl (C=O) groups excluding carboxylic acids is 1. The second kappa shape index (κ2) is 6.67. The van der Waals surface area contributed by atoms with Crippen LogP contribution in [0.4, 0.5) is 0 Å². The second-order valence-corrected chi connectivity index (χ2v) is 12.7. The average molecular weight is 429 g/mol. The van der Waals surface area contributed by atoms with Crippen molar-refractivity contribution in [1.82, 2.24) is 10.0 Å². The Bertz CT molecular complexity index is 1000. The number of carbonyl (C=O) groups is 1. The van der Waals surface area contributed by atoms with Crippen molar-refractivity contribution in [3.63, 3.8) is 0 Å². The quantitative estimate of drug-likeness (QED) is 0.718. The molecular formula is C24H32N2O3S. The van der Waals surface area contributed by atoms with Gasteiger partial charge in [0, 0.05) is 28.3 Å². The minimum Gasteiger partial charge on any atom is -0.379 e. The molecule has 2 N–H and O–H groups in total. The Morgan fingerprint density at radius 3 is 2.27 bits per heavy atom. The van der Waals surface area contributed by atoms with Crippen LogP contribution in [-0.4, -0.2) is 26.8 Å². The maximum atomic E-state index is 13.7. The summed E-state index contributed by atoms with van der Waals surface area (Å²) in [5, 5.41) is 3.53. The largest absolute Gasteiger partial charge is 0.379 e. The summed E-state index contributed by atoms with van der Waals surface area (Å²) < 4.78 is 27.1. The highest BCUT2D eigenvalue weighted by Crippen LogP contribution is 2.60. The third kappa shape index (κ3) is 3.32. The van der Waals surface area contributed by atoms with Crippen molar-refractivity contribution in [1.29, 1.82) is 0 Å². The lowest BCUT2D eigenvalue weighted by Gasteiger charge is -2.55. The van der Waals surface area contributed by atoms with Crippen molar-refractivity contribution >= 4 is 21.5 Å². The Morgan fingerprint density at radius 2 is 1.70 bits per heavy atom. The van der Waals surface area contributed by atoms with E-state index in [2.05, 4.69) is 23.9 Å². The van der Waals surface area contributed by atoms with Crippen molar-refractivity contribution in [2.45, 2.75) is 69.2 Å². The summed E-state index contributed by atoms with van der Waals surface area (Å²) in [6.45, 7) is 4.24. The number of ketones is 1. The minimum absolute atomic E-state index is 0.190. The Balaban J connectivity index is 1.55. The summed E-state index contributed by atoms with van der Waals surface area (Å²) in [4.78, 5) is 13.9. The highest BCUT2D eigenvalue weighted by molar-refractivity contribution is 7.89. The van der Waals surface area contributed by atoms with Crippen molar-refractivity contribution in [2.24, 2.45) is 23.2 Å². The van der Waals surface area contributed by atoms with Gasteiger partial charge in [-0.25, -0.2) is 13.1 Å².